The second-order valence-electron chi connectivity index (χ2n) is 6.99. The van der Waals surface area contributed by atoms with E-state index >= 15 is 0 Å². The Morgan fingerprint density at radius 1 is 1.11 bits per heavy atom. The van der Waals surface area contributed by atoms with E-state index in [1.165, 1.54) is 12.1 Å². The summed E-state index contributed by atoms with van der Waals surface area (Å²) in [5.74, 6) is 0.0255. The maximum Gasteiger partial charge on any atom is 0.220 e. The lowest BCUT2D eigenvalue weighted by Crippen LogP contribution is -2.26. The molecule has 6 heteroatoms. The Kier molecular flexibility index (Phi) is 6.41. The lowest BCUT2D eigenvalue weighted by molar-refractivity contribution is -0.121. The number of benzene rings is 2. The van der Waals surface area contributed by atoms with E-state index in [4.69, 9.17) is 9.47 Å². The van der Waals surface area contributed by atoms with Crippen LogP contribution in [0.1, 0.15) is 45.5 Å². The van der Waals surface area contributed by atoms with Crippen molar-refractivity contribution in [1.29, 1.82) is 0 Å². The molecule has 28 heavy (non-hydrogen) atoms. The summed E-state index contributed by atoms with van der Waals surface area (Å²) in [5, 5.41) is 2.78. The van der Waals surface area contributed by atoms with Gasteiger partial charge in [-0.3, -0.25) is 9.59 Å². The van der Waals surface area contributed by atoms with E-state index in [-0.39, 0.29) is 37.1 Å². The maximum absolute atomic E-state index is 13.7. The lowest BCUT2D eigenvalue weighted by atomic mass is 10.0. The van der Waals surface area contributed by atoms with Crippen molar-refractivity contribution in [2.75, 3.05) is 13.3 Å². The molecule has 1 heterocycles. The van der Waals surface area contributed by atoms with Crippen molar-refractivity contribution in [3.63, 3.8) is 0 Å². The van der Waals surface area contributed by atoms with Crippen LogP contribution in [0.25, 0.3) is 0 Å². The molecule has 2 aromatic carbocycles. The fraction of sp³-hybridized carbons (Fsp3) is 0.364. The topological polar surface area (TPSA) is 64.6 Å². The highest BCUT2D eigenvalue weighted by molar-refractivity contribution is 5.98. The van der Waals surface area contributed by atoms with Gasteiger partial charge in [0.05, 0.1) is 6.61 Å². The largest absolute Gasteiger partial charge is 0.467 e. The second kappa shape index (κ2) is 8.97. The zero-order valence-electron chi connectivity index (χ0n) is 16.1. The standard InChI is InChI=1S/C22H24FNO4/c1-14-3-4-16(9-15(14)2)20(25)5-6-21(26)24-8-7-17-10-19(23)11-18-12-27-13-28-22(17)18/h3-4,9-11H,5-8,12-13H2,1-2H3,(H,24,26). The number of Topliss-reactive ketones (excluding diaryl/α,β-unsaturated/α-hetero) is 1. The number of nitrogens with one attached hydrogen (secondary N) is 1. The van der Waals surface area contributed by atoms with Gasteiger partial charge in [-0.15, -0.1) is 0 Å². The predicted molar refractivity (Wildman–Crippen MR) is 103 cm³/mol. The van der Waals surface area contributed by atoms with E-state index in [0.717, 1.165) is 11.1 Å². The molecule has 0 saturated carbocycles. The molecular formula is C22H24FNO4. The quantitative estimate of drug-likeness (QED) is 0.740. The van der Waals surface area contributed by atoms with Crippen LogP contribution in [0.5, 0.6) is 5.75 Å². The van der Waals surface area contributed by atoms with Gasteiger partial charge in [0.25, 0.3) is 0 Å². The lowest BCUT2D eigenvalue weighted by Gasteiger charge is -2.21. The molecule has 0 atom stereocenters. The van der Waals surface area contributed by atoms with Crippen molar-refractivity contribution in [3.05, 3.63) is 64.0 Å². The first-order valence-electron chi connectivity index (χ1n) is 9.33. The fourth-order valence-corrected chi connectivity index (χ4v) is 3.15. The Morgan fingerprint density at radius 3 is 2.71 bits per heavy atom. The molecule has 0 unspecified atom stereocenters. The van der Waals surface area contributed by atoms with Crippen LogP contribution >= 0.6 is 0 Å². The van der Waals surface area contributed by atoms with Gasteiger partial charge in [-0.2, -0.15) is 0 Å². The Morgan fingerprint density at radius 2 is 1.93 bits per heavy atom. The van der Waals surface area contributed by atoms with Gasteiger partial charge in [0.2, 0.25) is 5.91 Å². The molecule has 3 rings (SSSR count). The second-order valence-corrected chi connectivity index (χ2v) is 6.99. The van der Waals surface area contributed by atoms with Crippen LogP contribution < -0.4 is 10.1 Å². The molecule has 0 saturated heterocycles. The van der Waals surface area contributed by atoms with Crippen molar-refractivity contribution in [2.45, 2.75) is 39.7 Å². The number of fused-ring (bicyclic) bond motifs is 1. The predicted octanol–water partition coefficient (Wildman–Crippen LogP) is 3.63. The first kappa shape index (κ1) is 20.0. The molecule has 1 N–H and O–H groups in total. The maximum atomic E-state index is 13.7. The molecule has 1 aliphatic rings. The third kappa shape index (κ3) is 4.95. The molecule has 0 bridgehead atoms. The molecule has 5 nitrogen and oxygen atoms in total. The van der Waals surface area contributed by atoms with Crippen molar-refractivity contribution in [1.82, 2.24) is 5.32 Å². The number of ketones is 1. The number of rotatable bonds is 7. The number of carbonyl (C=O) groups excluding carboxylic acids is 2. The fourth-order valence-electron chi connectivity index (χ4n) is 3.15. The van der Waals surface area contributed by atoms with Gasteiger partial charge in [0.1, 0.15) is 11.6 Å². The average Bonchev–Trinajstić information content (AvgIpc) is 2.68. The zero-order chi connectivity index (χ0) is 20.1. The van der Waals surface area contributed by atoms with E-state index in [9.17, 15) is 14.0 Å². The summed E-state index contributed by atoms with van der Waals surface area (Å²) >= 11 is 0. The molecule has 2 aromatic rings. The molecule has 0 aromatic heterocycles. The van der Waals surface area contributed by atoms with E-state index in [0.29, 0.717) is 42.0 Å². The summed E-state index contributed by atoms with van der Waals surface area (Å²) in [7, 11) is 0. The third-order valence-corrected chi connectivity index (χ3v) is 4.88. The SMILES string of the molecule is Cc1ccc(C(=O)CCC(=O)NCCc2cc(F)cc3c2OCOC3)cc1C. The Labute approximate surface area is 163 Å². The number of halogens is 1. The monoisotopic (exact) mass is 385 g/mol. The molecular weight excluding hydrogens is 361 g/mol. The third-order valence-electron chi connectivity index (χ3n) is 4.88. The van der Waals surface area contributed by atoms with Crippen LogP contribution in [0.3, 0.4) is 0 Å². The summed E-state index contributed by atoms with van der Waals surface area (Å²) < 4.78 is 24.4. The Bertz CT molecular complexity index is 894. The number of hydrogen-bond donors (Lipinski definition) is 1. The number of amides is 1. The number of carbonyl (C=O) groups is 2. The Hall–Kier alpha value is -2.73. The first-order valence-corrected chi connectivity index (χ1v) is 9.33. The average molecular weight is 385 g/mol. The first-order chi connectivity index (χ1) is 13.4. The zero-order valence-corrected chi connectivity index (χ0v) is 16.1. The summed E-state index contributed by atoms with van der Waals surface area (Å²) in [6.45, 7) is 4.74. The van der Waals surface area contributed by atoms with E-state index in [1.54, 1.807) is 6.07 Å². The van der Waals surface area contributed by atoms with Gasteiger partial charge >= 0.3 is 0 Å². The van der Waals surface area contributed by atoms with Crippen LogP contribution in [-0.2, 0) is 22.6 Å². The van der Waals surface area contributed by atoms with Crippen LogP contribution in [0.4, 0.5) is 4.39 Å². The van der Waals surface area contributed by atoms with Crippen molar-refractivity contribution < 1.29 is 23.5 Å². The van der Waals surface area contributed by atoms with Gasteiger partial charge in [-0.1, -0.05) is 12.1 Å². The molecule has 1 amide bonds. The molecule has 0 spiro atoms. The van der Waals surface area contributed by atoms with E-state index in [1.807, 2.05) is 26.0 Å². The minimum atomic E-state index is -0.354. The van der Waals surface area contributed by atoms with Crippen molar-refractivity contribution in [3.8, 4) is 5.75 Å². The van der Waals surface area contributed by atoms with Crippen LogP contribution in [0.15, 0.2) is 30.3 Å². The number of aryl methyl sites for hydroxylation is 2. The van der Waals surface area contributed by atoms with Crippen LogP contribution in [-0.4, -0.2) is 25.0 Å². The molecule has 0 fully saturated rings. The van der Waals surface area contributed by atoms with Gasteiger partial charge in [0.15, 0.2) is 12.6 Å². The van der Waals surface area contributed by atoms with Gasteiger partial charge < -0.3 is 14.8 Å². The number of hydrogen-bond acceptors (Lipinski definition) is 4. The summed E-state index contributed by atoms with van der Waals surface area (Å²) in [4.78, 5) is 24.3. The highest BCUT2D eigenvalue weighted by Crippen LogP contribution is 2.29. The van der Waals surface area contributed by atoms with Gasteiger partial charge in [0, 0.05) is 30.5 Å². The minimum Gasteiger partial charge on any atom is -0.467 e. The normalized spacial score (nSPS) is 12.8. The summed E-state index contributed by atoms with van der Waals surface area (Å²) in [5.41, 5.74) is 4.18. The van der Waals surface area contributed by atoms with Crippen LogP contribution in [0.2, 0.25) is 0 Å². The van der Waals surface area contributed by atoms with Gasteiger partial charge in [-0.05, 0) is 55.2 Å². The highest BCUT2D eigenvalue weighted by atomic mass is 19.1. The van der Waals surface area contributed by atoms with Gasteiger partial charge in [-0.25, -0.2) is 4.39 Å². The molecule has 1 aliphatic heterocycles. The van der Waals surface area contributed by atoms with Crippen molar-refractivity contribution in [2.24, 2.45) is 0 Å². The summed E-state index contributed by atoms with van der Waals surface area (Å²) in [6.07, 6.45) is 0.721. The minimum absolute atomic E-state index is 0.0501. The highest BCUT2D eigenvalue weighted by Gasteiger charge is 2.17. The van der Waals surface area contributed by atoms with E-state index in [2.05, 4.69) is 5.32 Å². The molecule has 148 valence electrons. The number of ether oxygens (including phenoxy) is 2. The smallest absolute Gasteiger partial charge is 0.220 e. The Balaban J connectivity index is 1.48. The van der Waals surface area contributed by atoms with Crippen molar-refractivity contribution >= 4 is 11.7 Å². The molecule has 0 radical (unpaired) electrons. The van der Waals surface area contributed by atoms with Crippen LogP contribution in [0, 0.1) is 19.7 Å². The van der Waals surface area contributed by atoms with E-state index < -0.39 is 0 Å². The summed E-state index contributed by atoms with van der Waals surface area (Å²) in [6, 6.07) is 8.37. The molecule has 0 aliphatic carbocycles.